The first kappa shape index (κ1) is 12.3. The van der Waals surface area contributed by atoms with Crippen molar-refractivity contribution in [3.8, 4) is 11.3 Å². The van der Waals surface area contributed by atoms with Gasteiger partial charge in [-0.1, -0.05) is 43.3 Å². The molecule has 3 aromatic rings. The van der Waals surface area contributed by atoms with Gasteiger partial charge in [-0.2, -0.15) is 0 Å². The number of thioether (sulfide) groups is 1. The quantitative estimate of drug-likeness (QED) is 0.648. The first-order valence-corrected chi connectivity index (χ1v) is 7.54. The Kier molecular flexibility index (Phi) is 3.56. The lowest BCUT2D eigenvalue weighted by molar-refractivity contribution is 1.04. The Morgan fingerprint density at radius 2 is 1.84 bits per heavy atom. The predicted molar refractivity (Wildman–Crippen MR) is 81.6 cm³/mol. The Labute approximate surface area is 117 Å². The van der Waals surface area contributed by atoms with Gasteiger partial charge in [-0.05, 0) is 24.3 Å². The van der Waals surface area contributed by atoms with Crippen molar-refractivity contribution >= 4 is 17.4 Å². The average Bonchev–Trinajstić information content (AvgIpc) is 2.85. The SMILES string of the molecule is CCCSc1c(-c2ccccc2)nc2ccccn12. The number of rotatable bonds is 4. The molecule has 0 amide bonds. The van der Waals surface area contributed by atoms with Crippen LogP contribution in [-0.2, 0) is 0 Å². The molecule has 0 spiro atoms. The van der Waals surface area contributed by atoms with Crippen LogP contribution in [0.15, 0.2) is 59.8 Å². The summed E-state index contributed by atoms with van der Waals surface area (Å²) < 4.78 is 2.18. The van der Waals surface area contributed by atoms with Crippen LogP contribution in [0.2, 0.25) is 0 Å². The monoisotopic (exact) mass is 268 g/mol. The number of pyridine rings is 1. The number of benzene rings is 1. The molecule has 2 aromatic heterocycles. The maximum absolute atomic E-state index is 4.78. The van der Waals surface area contributed by atoms with Crippen molar-refractivity contribution in [1.82, 2.24) is 9.38 Å². The molecule has 3 heteroatoms. The van der Waals surface area contributed by atoms with Gasteiger partial charge in [0.25, 0.3) is 0 Å². The van der Waals surface area contributed by atoms with Gasteiger partial charge < -0.3 is 0 Å². The molecule has 0 N–H and O–H groups in total. The Bertz CT molecular complexity index is 674. The van der Waals surface area contributed by atoms with E-state index in [2.05, 4.69) is 53.9 Å². The Hall–Kier alpha value is -1.74. The third kappa shape index (κ3) is 2.38. The van der Waals surface area contributed by atoms with E-state index in [-0.39, 0.29) is 0 Å². The third-order valence-corrected chi connectivity index (χ3v) is 4.25. The minimum atomic E-state index is 1.01. The van der Waals surface area contributed by atoms with E-state index in [4.69, 9.17) is 4.98 Å². The minimum Gasteiger partial charge on any atom is -0.294 e. The van der Waals surface area contributed by atoms with Crippen LogP contribution in [0.1, 0.15) is 13.3 Å². The lowest BCUT2D eigenvalue weighted by Crippen LogP contribution is -1.87. The van der Waals surface area contributed by atoms with E-state index in [1.54, 1.807) is 0 Å². The first-order chi connectivity index (χ1) is 9.40. The van der Waals surface area contributed by atoms with Gasteiger partial charge in [0.05, 0.1) is 0 Å². The zero-order valence-corrected chi connectivity index (χ0v) is 11.7. The molecule has 2 nitrogen and oxygen atoms in total. The fourth-order valence-electron chi connectivity index (χ4n) is 2.09. The van der Waals surface area contributed by atoms with Crippen LogP contribution in [0.5, 0.6) is 0 Å². The maximum Gasteiger partial charge on any atom is 0.138 e. The molecule has 3 rings (SSSR count). The third-order valence-electron chi connectivity index (χ3n) is 2.98. The lowest BCUT2D eigenvalue weighted by Gasteiger charge is -2.03. The van der Waals surface area contributed by atoms with Crippen LogP contribution in [0.4, 0.5) is 0 Å². The predicted octanol–water partition coefficient (Wildman–Crippen LogP) is 4.50. The minimum absolute atomic E-state index is 1.01. The molecule has 0 saturated carbocycles. The molecule has 0 radical (unpaired) electrons. The Morgan fingerprint density at radius 3 is 2.63 bits per heavy atom. The standard InChI is InChI=1S/C16H16N2S/c1-2-12-19-16-15(13-8-4-3-5-9-13)17-14-10-6-7-11-18(14)16/h3-11H,2,12H2,1H3. The zero-order chi connectivity index (χ0) is 13.1. The second-order valence-electron chi connectivity index (χ2n) is 4.41. The molecule has 0 aliphatic rings. The smallest absolute Gasteiger partial charge is 0.138 e. The Morgan fingerprint density at radius 1 is 1.05 bits per heavy atom. The fourth-order valence-corrected chi connectivity index (χ4v) is 3.09. The van der Waals surface area contributed by atoms with Crippen LogP contribution < -0.4 is 0 Å². The maximum atomic E-state index is 4.78. The molecule has 0 saturated heterocycles. The van der Waals surface area contributed by atoms with Crippen molar-refractivity contribution < 1.29 is 0 Å². The van der Waals surface area contributed by atoms with Crippen molar-refractivity contribution in [1.29, 1.82) is 0 Å². The lowest BCUT2D eigenvalue weighted by atomic mass is 10.2. The summed E-state index contributed by atoms with van der Waals surface area (Å²) >= 11 is 1.88. The van der Waals surface area contributed by atoms with E-state index in [1.807, 2.05) is 23.9 Å². The molecule has 0 unspecified atom stereocenters. The summed E-state index contributed by atoms with van der Waals surface area (Å²) in [5.74, 6) is 1.11. The van der Waals surface area contributed by atoms with E-state index in [0.717, 1.165) is 17.1 Å². The van der Waals surface area contributed by atoms with Gasteiger partial charge >= 0.3 is 0 Å². The van der Waals surface area contributed by atoms with E-state index < -0.39 is 0 Å². The summed E-state index contributed by atoms with van der Waals surface area (Å²) in [5.41, 5.74) is 3.29. The molecular weight excluding hydrogens is 252 g/mol. The van der Waals surface area contributed by atoms with Gasteiger partial charge in [0.15, 0.2) is 0 Å². The van der Waals surface area contributed by atoms with Gasteiger partial charge in [-0.15, -0.1) is 11.8 Å². The van der Waals surface area contributed by atoms with Crippen molar-refractivity contribution in [3.05, 3.63) is 54.7 Å². The molecule has 0 aliphatic heterocycles. The topological polar surface area (TPSA) is 17.3 Å². The molecule has 0 fully saturated rings. The van der Waals surface area contributed by atoms with Gasteiger partial charge in [-0.25, -0.2) is 4.98 Å². The fraction of sp³-hybridized carbons (Fsp3) is 0.188. The van der Waals surface area contributed by atoms with Crippen LogP contribution >= 0.6 is 11.8 Å². The van der Waals surface area contributed by atoms with Crippen LogP contribution in [0.25, 0.3) is 16.9 Å². The highest BCUT2D eigenvalue weighted by molar-refractivity contribution is 7.99. The molecule has 2 heterocycles. The number of hydrogen-bond acceptors (Lipinski definition) is 2. The number of aromatic nitrogens is 2. The zero-order valence-electron chi connectivity index (χ0n) is 10.9. The largest absolute Gasteiger partial charge is 0.294 e. The van der Waals surface area contributed by atoms with Gasteiger partial charge in [0, 0.05) is 11.8 Å². The summed E-state index contributed by atoms with van der Waals surface area (Å²) in [6.45, 7) is 2.21. The van der Waals surface area contributed by atoms with Crippen molar-refractivity contribution in [3.63, 3.8) is 0 Å². The molecule has 0 aliphatic carbocycles. The second-order valence-corrected chi connectivity index (χ2v) is 5.49. The van der Waals surface area contributed by atoms with Gasteiger partial charge in [0.2, 0.25) is 0 Å². The summed E-state index contributed by atoms with van der Waals surface area (Å²) in [5, 5.41) is 1.24. The van der Waals surface area contributed by atoms with Crippen molar-refractivity contribution in [2.75, 3.05) is 5.75 Å². The molecule has 1 aromatic carbocycles. The summed E-state index contributed by atoms with van der Waals surface area (Å²) in [7, 11) is 0. The molecular formula is C16H16N2S. The highest BCUT2D eigenvalue weighted by Gasteiger charge is 2.13. The Balaban J connectivity index is 2.17. The van der Waals surface area contributed by atoms with Crippen molar-refractivity contribution in [2.45, 2.75) is 18.4 Å². The van der Waals surface area contributed by atoms with E-state index in [1.165, 1.54) is 17.0 Å². The first-order valence-electron chi connectivity index (χ1n) is 6.55. The molecule has 0 bridgehead atoms. The highest BCUT2D eigenvalue weighted by Crippen LogP contribution is 2.32. The molecule has 0 atom stereocenters. The number of hydrogen-bond donors (Lipinski definition) is 0. The van der Waals surface area contributed by atoms with E-state index >= 15 is 0 Å². The summed E-state index contributed by atoms with van der Waals surface area (Å²) in [4.78, 5) is 4.78. The number of imidazole rings is 1. The van der Waals surface area contributed by atoms with Crippen molar-refractivity contribution in [2.24, 2.45) is 0 Å². The molecule has 96 valence electrons. The normalized spacial score (nSPS) is 11.0. The average molecular weight is 268 g/mol. The summed E-state index contributed by atoms with van der Waals surface area (Å²) in [6.07, 6.45) is 3.26. The van der Waals surface area contributed by atoms with Crippen LogP contribution in [0.3, 0.4) is 0 Å². The highest BCUT2D eigenvalue weighted by atomic mass is 32.2. The number of fused-ring (bicyclic) bond motifs is 1. The van der Waals surface area contributed by atoms with E-state index in [9.17, 15) is 0 Å². The van der Waals surface area contributed by atoms with Crippen LogP contribution in [-0.4, -0.2) is 15.1 Å². The summed E-state index contributed by atoms with van der Waals surface area (Å²) in [6, 6.07) is 16.6. The van der Waals surface area contributed by atoms with E-state index in [0.29, 0.717) is 0 Å². The van der Waals surface area contributed by atoms with Gasteiger partial charge in [0.1, 0.15) is 16.4 Å². The second kappa shape index (κ2) is 5.49. The van der Waals surface area contributed by atoms with Crippen LogP contribution in [0, 0.1) is 0 Å². The van der Waals surface area contributed by atoms with Gasteiger partial charge in [-0.3, -0.25) is 4.40 Å². The molecule has 19 heavy (non-hydrogen) atoms. The number of nitrogens with zero attached hydrogens (tertiary/aromatic N) is 2.